The number of nitrogens with zero attached hydrogens (tertiary/aromatic N) is 4. The molecule has 1 N–H and O–H groups in total. The molecule has 0 atom stereocenters. The third-order valence-electron chi connectivity index (χ3n) is 6.65. The van der Waals surface area contributed by atoms with Crippen LogP contribution in [0.15, 0.2) is 42.5 Å². The first-order valence-electron chi connectivity index (χ1n) is 11.5. The van der Waals surface area contributed by atoms with Gasteiger partial charge in [0.2, 0.25) is 0 Å². The summed E-state index contributed by atoms with van der Waals surface area (Å²) in [6, 6.07) is 14.4. The fourth-order valence-corrected chi connectivity index (χ4v) is 4.38. The summed E-state index contributed by atoms with van der Waals surface area (Å²) in [7, 11) is 0. The normalized spacial score (nSPS) is 14.8. The van der Waals surface area contributed by atoms with Crippen molar-refractivity contribution in [3.8, 4) is 11.4 Å². The van der Waals surface area contributed by atoms with Gasteiger partial charge in [-0.2, -0.15) is 0 Å². The van der Waals surface area contributed by atoms with E-state index in [9.17, 15) is 9.90 Å². The molecule has 4 rings (SSSR count). The molecule has 1 saturated heterocycles. The minimum absolute atomic E-state index is 0.161. The summed E-state index contributed by atoms with van der Waals surface area (Å²) in [6.45, 7) is 10.3. The molecule has 1 fully saturated rings. The molecule has 1 amide bonds. The highest BCUT2D eigenvalue weighted by Crippen LogP contribution is 2.30. The SMILES string of the molecule is CCC(O)(CC)C(=O)N1CCN(c2nc(-c3ccccc3C)nc3cc(C)ccc23)CC1. The Kier molecular flexibility index (Phi) is 6.15. The van der Waals surface area contributed by atoms with Crippen LogP contribution >= 0.6 is 0 Å². The molecule has 0 saturated carbocycles. The van der Waals surface area contributed by atoms with Crippen LogP contribution in [-0.2, 0) is 4.79 Å². The predicted octanol–water partition coefficient (Wildman–Crippen LogP) is 4.11. The lowest BCUT2D eigenvalue weighted by molar-refractivity contribution is -0.152. The monoisotopic (exact) mass is 432 g/mol. The molecule has 2 heterocycles. The van der Waals surface area contributed by atoms with Gasteiger partial charge in [-0.3, -0.25) is 4.79 Å². The average molecular weight is 433 g/mol. The van der Waals surface area contributed by atoms with Crippen molar-refractivity contribution < 1.29 is 9.90 Å². The van der Waals surface area contributed by atoms with Gasteiger partial charge >= 0.3 is 0 Å². The van der Waals surface area contributed by atoms with Gasteiger partial charge in [-0.15, -0.1) is 0 Å². The first-order chi connectivity index (χ1) is 15.4. The van der Waals surface area contributed by atoms with E-state index in [1.54, 1.807) is 4.90 Å². The van der Waals surface area contributed by atoms with Crippen LogP contribution in [0.25, 0.3) is 22.3 Å². The van der Waals surface area contributed by atoms with Crippen LogP contribution < -0.4 is 4.90 Å². The van der Waals surface area contributed by atoms with Crippen LogP contribution in [0.4, 0.5) is 5.82 Å². The van der Waals surface area contributed by atoms with Gasteiger partial charge in [0.25, 0.3) is 5.91 Å². The van der Waals surface area contributed by atoms with E-state index in [0.717, 1.165) is 39.2 Å². The molecule has 0 unspecified atom stereocenters. The fraction of sp³-hybridized carbons (Fsp3) is 0.423. The number of anilines is 1. The van der Waals surface area contributed by atoms with Crippen molar-refractivity contribution in [1.82, 2.24) is 14.9 Å². The van der Waals surface area contributed by atoms with E-state index >= 15 is 0 Å². The molecule has 1 aliphatic rings. The Hall–Kier alpha value is -2.99. The predicted molar refractivity (Wildman–Crippen MR) is 129 cm³/mol. The number of fused-ring (bicyclic) bond motifs is 1. The molecule has 32 heavy (non-hydrogen) atoms. The molecule has 6 nitrogen and oxygen atoms in total. The van der Waals surface area contributed by atoms with E-state index in [0.29, 0.717) is 39.0 Å². The van der Waals surface area contributed by atoms with Crippen molar-refractivity contribution in [1.29, 1.82) is 0 Å². The van der Waals surface area contributed by atoms with Crippen molar-refractivity contribution in [2.75, 3.05) is 31.1 Å². The smallest absolute Gasteiger partial charge is 0.254 e. The molecular weight excluding hydrogens is 400 g/mol. The van der Waals surface area contributed by atoms with Gasteiger partial charge in [0.1, 0.15) is 11.4 Å². The summed E-state index contributed by atoms with van der Waals surface area (Å²) in [6.07, 6.45) is 0.858. The Morgan fingerprint density at radius 2 is 1.69 bits per heavy atom. The second-order valence-corrected chi connectivity index (χ2v) is 8.72. The first kappa shape index (κ1) is 22.2. The van der Waals surface area contributed by atoms with Crippen molar-refractivity contribution >= 4 is 22.6 Å². The molecule has 3 aromatic rings. The minimum atomic E-state index is -1.26. The van der Waals surface area contributed by atoms with E-state index in [1.165, 1.54) is 0 Å². The van der Waals surface area contributed by atoms with Gasteiger partial charge in [0.05, 0.1) is 5.52 Å². The molecule has 2 aromatic carbocycles. The van der Waals surface area contributed by atoms with Crippen molar-refractivity contribution in [2.45, 2.75) is 46.1 Å². The molecule has 0 aliphatic carbocycles. The van der Waals surface area contributed by atoms with Crippen LogP contribution in [0.2, 0.25) is 0 Å². The number of benzene rings is 2. The standard InChI is InChI=1S/C26H32N4O2/c1-5-26(32,6-2)25(31)30-15-13-29(14-16-30)24-21-12-11-18(3)17-22(21)27-23(28-24)20-10-8-7-9-19(20)4/h7-12,17,32H,5-6,13-16H2,1-4H3. The van der Waals surface area contributed by atoms with Crippen molar-refractivity contribution in [3.05, 3.63) is 53.6 Å². The van der Waals surface area contributed by atoms with E-state index in [1.807, 2.05) is 26.0 Å². The third kappa shape index (κ3) is 4.07. The van der Waals surface area contributed by atoms with Crippen LogP contribution in [0, 0.1) is 13.8 Å². The number of carbonyl (C=O) groups excluding carboxylic acids is 1. The number of amides is 1. The van der Waals surface area contributed by atoms with Crippen molar-refractivity contribution in [3.63, 3.8) is 0 Å². The highest BCUT2D eigenvalue weighted by Gasteiger charge is 2.37. The van der Waals surface area contributed by atoms with Gasteiger partial charge in [-0.05, 0) is 49.9 Å². The highest BCUT2D eigenvalue weighted by atomic mass is 16.3. The summed E-state index contributed by atoms with van der Waals surface area (Å²) in [5, 5.41) is 11.7. The Morgan fingerprint density at radius 3 is 2.34 bits per heavy atom. The number of aryl methyl sites for hydroxylation is 2. The van der Waals surface area contributed by atoms with Crippen molar-refractivity contribution in [2.24, 2.45) is 0 Å². The van der Waals surface area contributed by atoms with Crippen LogP contribution in [0.3, 0.4) is 0 Å². The second kappa shape index (κ2) is 8.87. The van der Waals surface area contributed by atoms with Crippen LogP contribution in [0.1, 0.15) is 37.8 Å². The van der Waals surface area contributed by atoms with Gasteiger partial charge in [-0.1, -0.05) is 44.2 Å². The lowest BCUT2D eigenvalue weighted by Gasteiger charge is -2.39. The number of hydrogen-bond acceptors (Lipinski definition) is 5. The summed E-state index contributed by atoms with van der Waals surface area (Å²) in [4.78, 5) is 26.8. The van der Waals surface area contributed by atoms with Gasteiger partial charge in [0, 0.05) is 37.1 Å². The minimum Gasteiger partial charge on any atom is -0.380 e. The third-order valence-corrected chi connectivity index (χ3v) is 6.65. The maximum Gasteiger partial charge on any atom is 0.254 e. The molecule has 1 aliphatic heterocycles. The van der Waals surface area contributed by atoms with Crippen LogP contribution in [0.5, 0.6) is 0 Å². The lowest BCUT2D eigenvalue weighted by Crippen LogP contribution is -2.55. The first-order valence-corrected chi connectivity index (χ1v) is 11.5. The Bertz CT molecular complexity index is 1130. The number of rotatable bonds is 5. The Balaban J connectivity index is 1.68. The molecule has 0 bridgehead atoms. The number of hydrogen-bond donors (Lipinski definition) is 1. The summed E-state index contributed by atoms with van der Waals surface area (Å²) < 4.78 is 0. The van der Waals surface area contributed by atoms with Gasteiger partial charge < -0.3 is 14.9 Å². The maximum atomic E-state index is 12.9. The summed E-state index contributed by atoms with van der Waals surface area (Å²) in [5.41, 5.74) is 2.99. The topological polar surface area (TPSA) is 69.6 Å². The number of aliphatic hydroxyl groups is 1. The zero-order valence-corrected chi connectivity index (χ0v) is 19.4. The second-order valence-electron chi connectivity index (χ2n) is 8.72. The van der Waals surface area contributed by atoms with E-state index in [-0.39, 0.29) is 5.91 Å². The van der Waals surface area contributed by atoms with Gasteiger partial charge in [-0.25, -0.2) is 9.97 Å². The summed E-state index contributed by atoms with van der Waals surface area (Å²) >= 11 is 0. The Morgan fingerprint density at radius 1 is 1.00 bits per heavy atom. The molecule has 6 heteroatoms. The molecular formula is C26H32N4O2. The number of aromatic nitrogens is 2. The zero-order chi connectivity index (χ0) is 22.9. The Labute approximate surface area is 189 Å². The van der Waals surface area contributed by atoms with Gasteiger partial charge in [0.15, 0.2) is 5.82 Å². The molecule has 1 aromatic heterocycles. The number of piperazine rings is 1. The quantitative estimate of drug-likeness (QED) is 0.657. The molecule has 168 valence electrons. The fourth-order valence-electron chi connectivity index (χ4n) is 4.38. The molecule has 0 radical (unpaired) electrons. The maximum absolute atomic E-state index is 12.9. The summed E-state index contributed by atoms with van der Waals surface area (Å²) in [5.74, 6) is 1.47. The molecule has 0 spiro atoms. The number of carbonyl (C=O) groups is 1. The zero-order valence-electron chi connectivity index (χ0n) is 19.4. The van der Waals surface area contributed by atoms with Crippen LogP contribution in [-0.4, -0.2) is 57.7 Å². The van der Waals surface area contributed by atoms with E-state index in [2.05, 4.69) is 49.1 Å². The highest BCUT2D eigenvalue weighted by molar-refractivity contribution is 5.92. The van der Waals surface area contributed by atoms with E-state index in [4.69, 9.17) is 9.97 Å². The lowest BCUT2D eigenvalue weighted by atomic mass is 9.95. The van der Waals surface area contributed by atoms with E-state index < -0.39 is 5.60 Å². The average Bonchev–Trinajstić information content (AvgIpc) is 2.82. The largest absolute Gasteiger partial charge is 0.380 e.